The van der Waals surface area contributed by atoms with Crippen LogP contribution in [0.3, 0.4) is 0 Å². The molecule has 0 aromatic heterocycles. The van der Waals surface area contributed by atoms with E-state index in [0.29, 0.717) is 28.9 Å². The van der Waals surface area contributed by atoms with E-state index in [2.05, 4.69) is 0 Å². The summed E-state index contributed by atoms with van der Waals surface area (Å²) < 4.78 is 5.94. The molecule has 0 atom stereocenters. The Bertz CT molecular complexity index is 705. The molecule has 2 aromatic rings. The highest BCUT2D eigenvalue weighted by Gasteiger charge is 2.51. The molecule has 1 spiro atoms. The predicted octanol–water partition coefficient (Wildman–Crippen LogP) is 2.61. The lowest BCUT2D eigenvalue weighted by molar-refractivity contribution is 0.0707. The van der Waals surface area contributed by atoms with Crippen molar-refractivity contribution in [2.24, 2.45) is 0 Å². The van der Waals surface area contributed by atoms with Crippen molar-refractivity contribution in [2.45, 2.75) is 4.93 Å². The van der Waals surface area contributed by atoms with Gasteiger partial charge in [-0.2, -0.15) is 0 Å². The van der Waals surface area contributed by atoms with E-state index in [1.165, 1.54) is 11.8 Å². The van der Waals surface area contributed by atoms with Crippen LogP contribution in [0.4, 0.5) is 0 Å². The smallest absolute Gasteiger partial charge is 0.194 e. The molecule has 0 bridgehead atoms. The number of phenols is 2. The van der Waals surface area contributed by atoms with Crippen LogP contribution in [0, 0.1) is 0 Å². The number of carbonyl (C=O) groups excluding carboxylic acids is 1. The van der Waals surface area contributed by atoms with Crippen molar-refractivity contribution in [3.05, 3.63) is 58.7 Å². The molecule has 0 saturated carbocycles. The molecular formula is C16H12O4S. The molecule has 1 fully saturated rings. The fourth-order valence-corrected chi connectivity index (χ4v) is 4.46. The van der Waals surface area contributed by atoms with Gasteiger partial charge >= 0.3 is 0 Å². The van der Waals surface area contributed by atoms with Crippen LogP contribution in [0.25, 0.3) is 0 Å². The van der Waals surface area contributed by atoms with Gasteiger partial charge in [-0.3, -0.25) is 4.79 Å². The number of carbonyl (C=O) groups is 1. The molecule has 1 saturated heterocycles. The maximum absolute atomic E-state index is 12.7. The van der Waals surface area contributed by atoms with Crippen molar-refractivity contribution >= 4 is 17.5 Å². The molecule has 1 aliphatic heterocycles. The minimum absolute atomic E-state index is 0.0177. The summed E-state index contributed by atoms with van der Waals surface area (Å²) in [5, 5.41) is 20.6. The summed E-state index contributed by atoms with van der Waals surface area (Å²) in [7, 11) is 0. The second-order valence-electron chi connectivity index (χ2n) is 5.04. The van der Waals surface area contributed by atoms with E-state index in [4.69, 9.17) is 4.74 Å². The second kappa shape index (κ2) is 4.26. The summed E-state index contributed by atoms with van der Waals surface area (Å²) in [5.41, 5.74) is 1.77. The minimum Gasteiger partial charge on any atom is -0.507 e. The zero-order valence-corrected chi connectivity index (χ0v) is 11.8. The number of ketones is 1. The number of benzene rings is 2. The standard InChI is InChI=1S/C16H12O4S/c17-11-5-1-3-9-13(11)16(20-7-8-21-16)14-10(15(9)19)4-2-6-12(14)18/h1-6,17-18H,7-8H2. The summed E-state index contributed by atoms with van der Waals surface area (Å²) in [6.45, 7) is 0.500. The topological polar surface area (TPSA) is 66.8 Å². The molecule has 106 valence electrons. The lowest BCUT2D eigenvalue weighted by Crippen LogP contribution is -2.33. The molecule has 4 rings (SSSR count). The summed E-state index contributed by atoms with van der Waals surface area (Å²) in [6.07, 6.45) is 0. The first kappa shape index (κ1) is 12.7. The van der Waals surface area contributed by atoms with Gasteiger partial charge in [0, 0.05) is 16.9 Å². The first-order chi connectivity index (χ1) is 10.1. The molecule has 2 aromatic carbocycles. The van der Waals surface area contributed by atoms with Gasteiger partial charge in [0.05, 0.1) is 17.7 Å². The number of ether oxygens (including phenoxy) is 1. The van der Waals surface area contributed by atoms with E-state index in [1.807, 2.05) is 0 Å². The predicted molar refractivity (Wildman–Crippen MR) is 78.8 cm³/mol. The van der Waals surface area contributed by atoms with Gasteiger partial charge in [-0.15, -0.1) is 11.8 Å². The number of hydrogen-bond acceptors (Lipinski definition) is 5. The third kappa shape index (κ3) is 1.53. The Kier molecular flexibility index (Phi) is 2.58. The van der Waals surface area contributed by atoms with Gasteiger partial charge in [0.1, 0.15) is 11.5 Å². The molecule has 0 radical (unpaired) electrons. The van der Waals surface area contributed by atoms with Crippen molar-refractivity contribution in [3.63, 3.8) is 0 Å². The average Bonchev–Trinajstić information content (AvgIpc) is 2.94. The molecule has 2 N–H and O–H groups in total. The van der Waals surface area contributed by atoms with Crippen molar-refractivity contribution in [3.8, 4) is 11.5 Å². The highest BCUT2D eigenvalue weighted by atomic mass is 32.2. The first-order valence-electron chi connectivity index (χ1n) is 6.62. The molecule has 4 nitrogen and oxygen atoms in total. The van der Waals surface area contributed by atoms with Crippen LogP contribution >= 0.6 is 11.8 Å². The number of thioether (sulfide) groups is 1. The number of hydrogen-bond donors (Lipinski definition) is 2. The SMILES string of the molecule is O=C1c2cccc(O)c2C2(OCCS2)c2c(O)cccc21. The van der Waals surface area contributed by atoms with Crippen LogP contribution in [0.2, 0.25) is 0 Å². The lowest BCUT2D eigenvalue weighted by Gasteiger charge is -2.36. The summed E-state index contributed by atoms with van der Waals surface area (Å²) in [5.74, 6) is 0.567. The van der Waals surface area contributed by atoms with Gasteiger partial charge in [-0.25, -0.2) is 0 Å². The minimum atomic E-state index is -1.00. The second-order valence-corrected chi connectivity index (χ2v) is 6.31. The molecule has 0 unspecified atom stereocenters. The quantitative estimate of drug-likeness (QED) is 0.783. The highest BCUT2D eigenvalue weighted by Crippen LogP contribution is 2.57. The summed E-state index contributed by atoms with van der Waals surface area (Å²) in [4.78, 5) is 11.7. The Balaban J connectivity index is 2.14. The number of fused-ring (bicyclic) bond motifs is 4. The van der Waals surface area contributed by atoms with Crippen LogP contribution in [-0.2, 0) is 9.67 Å². The van der Waals surface area contributed by atoms with E-state index < -0.39 is 4.93 Å². The molecule has 21 heavy (non-hydrogen) atoms. The number of rotatable bonds is 0. The molecule has 1 heterocycles. The lowest BCUT2D eigenvalue weighted by atomic mass is 9.81. The Morgan fingerprint density at radius 2 is 1.57 bits per heavy atom. The Morgan fingerprint density at radius 1 is 1.00 bits per heavy atom. The summed E-state index contributed by atoms with van der Waals surface area (Å²) in [6, 6.07) is 9.76. The van der Waals surface area contributed by atoms with Crippen LogP contribution in [-0.4, -0.2) is 28.4 Å². The van der Waals surface area contributed by atoms with Crippen molar-refractivity contribution < 1.29 is 19.7 Å². The van der Waals surface area contributed by atoms with Crippen LogP contribution in [0.5, 0.6) is 11.5 Å². The Labute approximate surface area is 125 Å². The maximum atomic E-state index is 12.7. The van der Waals surface area contributed by atoms with E-state index in [1.54, 1.807) is 36.4 Å². The maximum Gasteiger partial charge on any atom is 0.194 e. The zero-order chi connectivity index (χ0) is 14.6. The van der Waals surface area contributed by atoms with E-state index in [9.17, 15) is 15.0 Å². The van der Waals surface area contributed by atoms with Crippen LogP contribution in [0.15, 0.2) is 36.4 Å². The molecule has 0 amide bonds. The van der Waals surface area contributed by atoms with Gasteiger partial charge in [0.2, 0.25) is 0 Å². The van der Waals surface area contributed by atoms with Gasteiger partial charge in [-0.1, -0.05) is 24.3 Å². The molecule has 1 aliphatic carbocycles. The van der Waals surface area contributed by atoms with Gasteiger partial charge in [0.25, 0.3) is 0 Å². The van der Waals surface area contributed by atoms with Crippen molar-refractivity contribution in [1.29, 1.82) is 0 Å². The fraction of sp³-hybridized carbons (Fsp3) is 0.188. The monoisotopic (exact) mass is 300 g/mol. The summed E-state index contributed by atoms with van der Waals surface area (Å²) >= 11 is 1.49. The zero-order valence-electron chi connectivity index (χ0n) is 11.0. The normalized spacial score (nSPS) is 18.6. The Hall–Kier alpha value is -1.98. The fourth-order valence-electron chi connectivity index (χ4n) is 3.12. The van der Waals surface area contributed by atoms with E-state index in [0.717, 1.165) is 5.75 Å². The number of aromatic hydroxyl groups is 2. The van der Waals surface area contributed by atoms with Crippen LogP contribution in [0.1, 0.15) is 27.0 Å². The van der Waals surface area contributed by atoms with Crippen molar-refractivity contribution in [1.82, 2.24) is 0 Å². The average molecular weight is 300 g/mol. The van der Waals surface area contributed by atoms with E-state index >= 15 is 0 Å². The highest BCUT2D eigenvalue weighted by molar-refractivity contribution is 8.00. The van der Waals surface area contributed by atoms with Gasteiger partial charge in [0.15, 0.2) is 10.7 Å². The first-order valence-corrected chi connectivity index (χ1v) is 7.61. The van der Waals surface area contributed by atoms with Crippen LogP contribution < -0.4 is 0 Å². The van der Waals surface area contributed by atoms with Crippen molar-refractivity contribution in [2.75, 3.05) is 12.4 Å². The third-order valence-corrected chi connectivity index (χ3v) is 5.23. The molecule has 2 aliphatic rings. The van der Waals surface area contributed by atoms with Gasteiger partial charge in [-0.05, 0) is 12.1 Å². The third-order valence-electron chi connectivity index (χ3n) is 3.93. The number of phenolic OH excluding ortho intramolecular Hbond substituents is 2. The van der Waals surface area contributed by atoms with E-state index in [-0.39, 0.29) is 17.3 Å². The molecular weight excluding hydrogens is 288 g/mol. The molecule has 5 heteroatoms. The Morgan fingerprint density at radius 3 is 2.05 bits per heavy atom. The van der Waals surface area contributed by atoms with Gasteiger partial charge < -0.3 is 14.9 Å². The largest absolute Gasteiger partial charge is 0.507 e.